The van der Waals surface area contributed by atoms with E-state index < -0.39 is 10.0 Å². The van der Waals surface area contributed by atoms with Crippen molar-refractivity contribution in [2.75, 3.05) is 13.1 Å². The zero-order chi connectivity index (χ0) is 13.2. The Morgan fingerprint density at radius 2 is 2.17 bits per heavy atom. The van der Waals surface area contributed by atoms with E-state index in [-0.39, 0.29) is 0 Å². The smallest absolute Gasteiger partial charge is 0.206 e. The molecule has 0 amide bonds. The molecule has 1 aliphatic carbocycles. The summed E-state index contributed by atoms with van der Waals surface area (Å²) in [7, 11) is -3.32. The zero-order valence-electron chi connectivity index (χ0n) is 10.4. The third-order valence-corrected chi connectivity index (χ3v) is 7.34. The van der Waals surface area contributed by atoms with E-state index in [2.05, 4.69) is 0 Å². The van der Waals surface area contributed by atoms with E-state index in [1.54, 1.807) is 16.4 Å². The fourth-order valence-corrected chi connectivity index (χ4v) is 5.19. The van der Waals surface area contributed by atoms with Gasteiger partial charge in [0.15, 0.2) is 0 Å². The summed E-state index contributed by atoms with van der Waals surface area (Å²) in [5.41, 5.74) is 0. The van der Waals surface area contributed by atoms with Crippen molar-refractivity contribution >= 4 is 33.0 Å². The van der Waals surface area contributed by atoms with Crippen molar-refractivity contribution < 1.29 is 8.42 Å². The van der Waals surface area contributed by atoms with Gasteiger partial charge in [0.2, 0.25) is 0 Å². The fourth-order valence-electron chi connectivity index (χ4n) is 2.06. The van der Waals surface area contributed by atoms with E-state index in [4.69, 9.17) is 11.6 Å². The Labute approximate surface area is 118 Å². The molecule has 18 heavy (non-hydrogen) atoms. The van der Waals surface area contributed by atoms with Crippen LogP contribution in [-0.4, -0.2) is 25.8 Å². The number of sulfonamides is 1. The first-order valence-corrected chi connectivity index (χ1v) is 9.02. The molecule has 6 heteroatoms. The van der Waals surface area contributed by atoms with Crippen LogP contribution in [0.3, 0.4) is 0 Å². The molecule has 0 N–H and O–H groups in total. The highest BCUT2D eigenvalue weighted by molar-refractivity contribution is 7.91. The first-order chi connectivity index (χ1) is 8.57. The summed E-state index contributed by atoms with van der Waals surface area (Å²) in [4.78, 5) is 0.898. The molecule has 2 rings (SSSR count). The van der Waals surface area contributed by atoms with Crippen LogP contribution in [0.15, 0.2) is 16.3 Å². The van der Waals surface area contributed by atoms with E-state index >= 15 is 0 Å². The van der Waals surface area contributed by atoms with Gasteiger partial charge in [-0.15, -0.1) is 22.9 Å². The average molecular weight is 308 g/mol. The highest BCUT2D eigenvalue weighted by atomic mass is 35.5. The van der Waals surface area contributed by atoms with Gasteiger partial charge in [-0.2, -0.15) is 4.31 Å². The van der Waals surface area contributed by atoms with Crippen molar-refractivity contribution in [3.05, 3.63) is 17.0 Å². The predicted octanol–water partition coefficient (Wildman–Crippen LogP) is 3.30. The Hall–Kier alpha value is -0.100. The second-order valence-electron chi connectivity index (χ2n) is 4.61. The Morgan fingerprint density at radius 1 is 1.44 bits per heavy atom. The van der Waals surface area contributed by atoms with Gasteiger partial charge in [0, 0.05) is 18.0 Å². The summed E-state index contributed by atoms with van der Waals surface area (Å²) in [6.07, 6.45) is 3.55. The standard InChI is InChI=1S/C12H18ClNO2S2/c1-2-14(9-10-4-3-5-10)18(15,16)12-7-6-11(8-13)17-12/h6-7,10H,2-5,8-9H2,1H3. The number of hydrogen-bond donors (Lipinski definition) is 0. The van der Waals surface area contributed by atoms with Crippen molar-refractivity contribution in [3.8, 4) is 0 Å². The molecule has 0 saturated heterocycles. The van der Waals surface area contributed by atoms with Gasteiger partial charge < -0.3 is 0 Å². The number of thiophene rings is 1. The van der Waals surface area contributed by atoms with E-state index in [9.17, 15) is 8.42 Å². The van der Waals surface area contributed by atoms with Crippen LogP contribution in [0.25, 0.3) is 0 Å². The van der Waals surface area contributed by atoms with Crippen LogP contribution in [0.4, 0.5) is 0 Å². The van der Waals surface area contributed by atoms with Gasteiger partial charge >= 0.3 is 0 Å². The molecule has 1 heterocycles. The van der Waals surface area contributed by atoms with Crippen molar-refractivity contribution in [1.82, 2.24) is 4.31 Å². The van der Waals surface area contributed by atoms with Gasteiger partial charge in [-0.1, -0.05) is 13.3 Å². The Balaban J connectivity index is 2.16. The van der Waals surface area contributed by atoms with Gasteiger partial charge in [-0.3, -0.25) is 0 Å². The number of rotatable bonds is 6. The molecule has 0 aromatic carbocycles. The molecule has 1 aromatic heterocycles. The monoisotopic (exact) mass is 307 g/mol. The highest BCUT2D eigenvalue weighted by Crippen LogP contribution is 2.31. The third kappa shape index (κ3) is 2.90. The molecule has 0 unspecified atom stereocenters. The van der Waals surface area contributed by atoms with Crippen LogP contribution in [0.1, 0.15) is 31.1 Å². The minimum Gasteiger partial charge on any atom is -0.206 e. The lowest BCUT2D eigenvalue weighted by Gasteiger charge is -2.30. The maximum Gasteiger partial charge on any atom is 0.252 e. The zero-order valence-corrected chi connectivity index (χ0v) is 12.8. The molecule has 1 fully saturated rings. The Kier molecular flexibility index (Phi) is 4.69. The molecule has 0 atom stereocenters. The molecular formula is C12H18ClNO2S2. The SMILES string of the molecule is CCN(CC1CCC1)S(=O)(=O)c1ccc(CCl)s1. The van der Waals surface area contributed by atoms with E-state index in [0.717, 1.165) is 17.7 Å². The van der Waals surface area contributed by atoms with E-state index in [0.29, 0.717) is 29.1 Å². The number of halogens is 1. The lowest BCUT2D eigenvalue weighted by Crippen LogP contribution is -2.36. The van der Waals surface area contributed by atoms with Gasteiger partial charge in [0.1, 0.15) is 4.21 Å². The molecule has 3 nitrogen and oxygen atoms in total. The second-order valence-corrected chi connectivity index (χ2v) is 8.21. The Bertz CT molecular complexity index is 494. The van der Waals surface area contributed by atoms with E-state index in [1.807, 2.05) is 6.92 Å². The summed E-state index contributed by atoms with van der Waals surface area (Å²) in [5, 5.41) is 0. The normalized spacial score (nSPS) is 17.1. The summed E-state index contributed by atoms with van der Waals surface area (Å²) in [6, 6.07) is 3.46. The molecule has 1 saturated carbocycles. The molecule has 1 aromatic rings. The van der Waals surface area contributed by atoms with Crippen LogP contribution in [0.2, 0.25) is 0 Å². The van der Waals surface area contributed by atoms with Gasteiger partial charge in [0.25, 0.3) is 10.0 Å². The Morgan fingerprint density at radius 3 is 2.61 bits per heavy atom. The molecular weight excluding hydrogens is 290 g/mol. The van der Waals surface area contributed by atoms with Crippen LogP contribution in [0.5, 0.6) is 0 Å². The maximum atomic E-state index is 12.5. The summed E-state index contributed by atoms with van der Waals surface area (Å²) in [5.74, 6) is 0.918. The number of nitrogens with zero attached hydrogens (tertiary/aromatic N) is 1. The van der Waals surface area contributed by atoms with Crippen molar-refractivity contribution in [2.24, 2.45) is 5.92 Å². The molecule has 0 spiro atoms. The van der Waals surface area contributed by atoms with E-state index in [1.165, 1.54) is 17.8 Å². The first kappa shape index (κ1) is 14.3. The van der Waals surface area contributed by atoms with Gasteiger partial charge in [-0.05, 0) is 30.9 Å². The molecule has 102 valence electrons. The predicted molar refractivity (Wildman–Crippen MR) is 75.6 cm³/mol. The minimum absolute atomic E-state index is 0.370. The van der Waals surface area contributed by atoms with Crippen LogP contribution in [0, 0.1) is 5.92 Å². The molecule has 0 aliphatic heterocycles. The third-order valence-electron chi connectivity index (χ3n) is 3.40. The van der Waals surface area contributed by atoms with Crippen LogP contribution >= 0.6 is 22.9 Å². The quantitative estimate of drug-likeness (QED) is 0.756. The van der Waals surface area contributed by atoms with Gasteiger partial charge in [-0.25, -0.2) is 8.42 Å². The molecule has 0 radical (unpaired) electrons. The van der Waals surface area contributed by atoms with Crippen LogP contribution < -0.4 is 0 Å². The topological polar surface area (TPSA) is 37.4 Å². The minimum atomic E-state index is -3.32. The highest BCUT2D eigenvalue weighted by Gasteiger charge is 2.29. The maximum absolute atomic E-state index is 12.5. The fraction of sp³-hybridized carbons (Fsp3) is 0.667. The summed E-state index contributed by atoms with van der Waals surface area (Å²) < 4.78 is 26.9. The van der Waals surface area contributed by atoms with Crippen molar-refractivity contribution in [3.63, 3.8) is 0 Å². The molecule has 0 bridgehead atoms. The lowest BCUT2D eigenvalue weighted by atomic mass is 9.85. The summed E-state index contributed by atoms with van der Waals surface area (Å²) in [6.45, 7) is 3.09. The van der Waals surface area contributed by atoms with Gasteiger partial charge in [0.05, 0.1) is 5.88 Å². The lowest BCUT2D eigenvalue weighted by molar-refractivity contribution is 0.250. The summed E-state index contributed by atoms with van der Waals surface area (Å²) >= 11 is 7.00. The van der Waals surface area contributed by atoms with Crippen LogP contribution in [-0.2, 0) is 15.9 Å². The largest absolute Gasteiger partial charge is 0.252 e. The first-order valence-electron chi connectivity index (χ1n) is 6.22. The molecule has 1 aliphatic rings. The average Bonchev–Trinajstić information content (AvgIpc) is 2.76. The number of alkyl halides is 1. The van der Waals surface area contributed by atoms with Crippen molar-refractivity contribution in [1.29, 1.82) is 0 Å². The number of hydrogen-bond acceptors (Lipinski definition) is 3. The second kappa shape index (κ2) is 5.90. The van der Waals surface area contributed by atoms with Crippen molar-refractivity contribution in [2.45, 2.75) is 36.3 Å².